The zero-order chi connectivity index (χ0) is 14.3. The minimum absolute atomic E-state index is 0.0923. The maximum absolute atomic E-state index is 11.3. The van der Waals surface area contributed by atoms with E-state index >= 15 is 0 Å². The third-order valence-corrected chi connectivity index (χ3v) is 2.16. The number of carbonyl (C=O) groups excluding carboxylic acids is 2. The van der Waals surface area contributed by atoms with Crippen molar-refractivity contribution >= 4 is 17.9 Å². The number of nitrogens with zero attached hydrogens (tertiary/aromatic N) is 1. The van der Waals surface area contributed by atoms with Gasteiger partial charge < -0.3 is 25.7 Å². The Morgan fingerprint density at radius 3 is 2.22 bits per heavy atom. The molecule has 8 heteroatoms. The highest BCUT2D eigenvalue weighted by atomic mass is 16.4. The van der Waals surface area contributed by atoms with Gasteiger partial charge in [0.15, 0.2) is 6.04 Å². The molecular formula is C10H19N3O5. The molecule has 0 spiro atoms. The number of carboxylic acids is 1. The van der Waals surface area contributed by atoms with E-state index in [1.54, 1.807) is 14.1 Å². The summed E-state index contributed by atoms with van der Waals surface area (Å²) < 4.78 is 0. The summed E-state index contributed by atoms with van der Waals surface area (Å²) in [6, 6.07) is -2.12. The van der Waals surface area contributed by atoms with E-state index in [2.05, 4.69) is 10.6 Å². The molecule has 0 aliphatic heterocycles. The molecule has 0 saturated heterocycles. The molecule has 0 aliphatic carbocycles. The van der Waals surface area contributed by atoms with E-state index in [0.29, 0.717) is 0 Å². The third kappa shape index (κ3) is 6.04. The molecule has 0 aromatic heterocycles. The second kappa shape index (κ2) is 7.49. The van der Waals surface area contributed by atoms with E-state index in [1.807, 2.05) is 0 Å². The molecule has 104 valence electrons. The molecule has 0 rings (SSSR count). The third-order valence-electron chi connectivity index (χ3n) is 2.16. The van der Waals surface area contributed by atoms with Crippen LogP contribution in [-0.4, -0.2) is 65.8 Å². The van der Waals surface area contributed by atoms with Crippen LogP contribution in [0.2, 0.25) is 0 Å². The first-order chi connectivity index (χ1) is 8.25. The summed E-state index contributed by atoms with van der Waals surface area (Å²) >= 11 is 0. The molecule has 2 unspecified atom stereocenters. The van der Waals surface area contributed by atoms with Crippen LogP contribution in [0.3, 0.4) is 0 Å². The van der Waals surface area contributed by atoms with Crippen molar-refractivity contribution in [1.29, 1.82) is 0 Å². The van der Waals surface area contributed by atoms with Crippen molar-refractivity contribution in [3.8, 4) is 0 Å². The van der Waals surface area contributed by atoms with Crippen LogP contribution in [0, 0.1) is 0 Å². The van der Waals surface area contributed by atoms with Crippen LogP contribution in [0.25, 0.3) is 0 Å². The monoisotopic (exact) mass is 261 g/mol. The predicted molar refractivity (Wildman–Crippen MR) is 63.0 cm³/mol. The van der Waals surface area contributed by atoms with Gasteiger partial charge in [-0.2, -0.15) is 0 Å². The van der Waals surface area contributed by atoms with Crippen LogP contribution in [0.5, 0.6) is 0 Å². The van der Waals surface area contributed by atoms with Gasteiger partial charge >= 0.3 is 12.0 Å². The Morgan fingerprint density at radius 1 is 1.28 bits per heavy atom. The number of hydrogen-bond donors (Lipinski definition) is 4. The Kier molecular flexibility index (Phi) is 6.73. The fourth-order valence-corrected chi connectivity index (χ4v) is 1.09. The van der Waals surface area contributed by atoms with Crippen molar-refractivity contribution in [2.75, 3.05) is 20.6 Å². The summed E-state index contributed by atoms with van der Waals surface area (Å²) in [5.74, 6) is -1.48. The van der Waals surface area contributed by atoms with Crippen molar-refractivity contribution in [1.82, 2.24) is 15.5 Å². The molecule has 0 saturated carbocycles. The Hall–Kier alpha value is -1.83. The first-order valence-electron chi connectivity index (χ1n) is 5.41. The van der Waals surface area contributed by atoms with E-state index in [1.165, 1.54) is 11.8 Å². The number of amides is 3. The molecule has 0 aromatic rings. The number of aliphatic carboxylic acids is 1. The zero-order valence-corrected chi connectivity index (χ0v) is 10.6. The summed E-state index contributed by atoms with van der Waals surface area (Å²) in [4.78, 5) is 34.5. The summed E-state index contributed by atoms with van der Waals surface area (Å²) in [6.07, 6.45) is -1.09. The first-order valence-corrected chi connectivity index (χ1v) is 5.41. The number of urea groups is 1. The first kappa shape index (κ1) is 16.2. The molecule has 2 atom stereocenters. The Morgan fingerprint density at radius 2 is 1.83 bits per heavy atom. The van der Waals surface area contributed by atoms with Gasteiger partial charge in [0.1, 0.15) is 0 Å². The highest BCUT2D eigenvalue weighted by Gasteiger charge is 2.24. The molecule has 0 radical (unpaired) electrons. The Bertz CT molecular complexity index is 317. The van der Waals surface area contributed by atoms with E-state index in [0.717, 1.165) is 0 Å². The van der Waals surface area contributed by atoms with Gasteiger partial charge in [0.25, 0.3) is 0 Å². The molecule has 0 heterocycles. The van der Waals surface area contributed by atoms with Crippen LogP contribution in [0.1, 0.15) is 13.3 Å². The van der Waals surface area contributed by atoms with Gasteiger partial charge in [-0.05, 0) is 6.92 Å². The maximum Gasteiger partial charge on any atom is 0.328 e. The SMILES string of the molecule is CC(O)C(NC(=O)NCCC(=O)N(C)C)C(=O)O. The molecule has 0 fully saturated rings. The second-order valence-corrected chi connectivity index (χ2v) is 3.99. The van der Waals surface area contributed by atoms with Crippen LogP contribution < -0.4 is 10.6 Å². The quantitative estimate of drug-likeness (QED) is 0.469. The molecule has 4 N–H and O–H groups in total. The van der Waals surface area contributed by atoms with E-state index in [4.69, 9.17) is 10.2 Å². The topological polar surface area (TPSA) is 119 Å². The van der Waals surface area contributed by atoms with Gasteiger partial charge in [-0.15, -0.1) is 0 Å². The van der Waals surface area contributed by atoms with Crippen molar-refractivity contribution < 1.29 is 24.6 Å². The average Bonchev–Trinajstić information content (AvgIpc) is 2.24. The zero-order valence-electron chi connectivity index (χ0n) is 10.6. The minimum Gasteiger partial charge on any atom is -0.480 e. The van der Waals surface area contributed by atoms with Crippen molar-refractivity contribution in [2.24, 2.45) is 0 Å². The molecule has 8 nitrogen and oxygen atoms in total. The van der Waals surface area contributed by atoms with Gasteiger partial charge in [-0.3, -0.25) is 4.79 Å². The van der Waals surface area contributed by atoms with E-state index in [9.17, 15) is 14.4 Å². The number of carboxylic acid groups (broad SMARTS) is 1. The van der Waals surface area contributed by atoms with Crippen molar-refractivity contribution in [2.45, 2.75) is 25.5 Å². The fraction of sp³-hybridized carbons (Fsp3) is 0.700. The summed E-state index contributed by atoms with van der Waals surface area (Å²) in [7, 11) is 3.19. The number of nitrogens with one attached hydrogen (secondary N) is 2. The minimum atomic E-state index is -1.38. The normalized spacial score (nSPS) is 13.3. The molecule has 0 aliphatic rings. The highest BCUT2D eigenvalue weighted by molar-refractivity contribution is 5.83. The lowest BCUT2D eigenvalue weighted by Crippen LogP contribution is -2.51. The van der Waals surface area contributed by atoms with E-state index < -0.39 is 24.1 Å². The van der Waals surface area contributed by atoms with Gasteiger partial charge in [-0.1, -0.05) is 0 Å². The van der Waals surface area contributed by atoms with Gasteiger partial charge in [0, 0.05) is 27.1 Å². The second-order valence-electron chi connectivity index (χ2n) is 3.99. The predicted octanol–water partition coefficient (Wildman–Crippen LogP) is -1.40. The number of carbonyl (C=O) groups is 3. The number of aliphatic hydroxyl groups excluding tert-OH is 1. The largest absolute Gasteiger partial charge is 0.480 e. The standard InChI is InChI=1S/C10H19N3O5/c1-6(14)8(9(16)17)12-10(18)11-5-4-7(15)13(2)3/h6,8,14H,4-5H2,1-3H3,(H,16,17)(H2,11,12,18). The van der Waals surface area contributed by atoms with Gasteiger partial charge in [0.05, 0.1) is 6.10 Å². The van der Waals surface area contributed by atoms with Crippen LogP contribution in [0.15, 0.2) is 0 Å². The summed E-state index contributed by atoms with van der Waals surface area (Å²) in [5, 5.41) is 22.3. The summed E-state index contributed by atoms with van der Waals surface area (Å²) in [5.41, 5.74) is 0. The Balaban J connectivity index is 4.04. The summed E-state index contributed by atoms with van der Waals surface area (Å²) in [6.45, 7) is 1.35. The maximum atomic E-state index is 11.3. The fourth-order valence-electron chi connectivity index (χ4n) is 1.09. The molecule has 18 heavy (non-hydrogen) atoms. The lowest BCUT2D eigenvalue weighted by Gasteiger charge is -2.17. The smallest absolute Gasteiger partial charge is 0.328 e. The van der Waals surface area contributed by atoms with Gasteiger partial charge in [0.2, 0.25) is 5.91 Å². The number of aliphatic hydroxyl groups is 1. The van der Waals surface area contributed by atoms with Crippen LogP contribution >= 0.6 is 0 Å². The molecule has 0 aromatic carbocycles. The van der Waals surface area contributed by atoms with Crippen LogP contribution in [0.4, 0.5) is 4.79 Å². The molecule has 0 bridgehead atoms. The van der Waals surface area contributed by atoms with E-state index in [-0.39, 0.29) is 18.9 Å². The highest BCUT2D eigenvalue weighted by Crippen LogP contribution is 1.93. The van der Waals surface area contributed by atoms with Crippen LogP contribution in [-0.2, 0) is 9.59 Å². The lowest BCUT2D eigenvalue weighted by molar-refractivity contribution is -0.141. The van der Waals surface area contributed by atoms with Gasteiger partial charge in [-0.25, -0.2) is 9.59 Å². The Labute approximate surface area is 105 Å². The molecular weight excluding hydrogens is 242 g/mol. The number of rotatable bonds is 6. The average molecular weight is 261 g/mol. The number of hydrogen-bond acceptors (Lipinski definition) is 4. The van der Waals surface area contributed by atoms with Crippen molar-refractivity contribution in [3.63, 3.8) is 0 Å². The lowest BCUT2D eigenvalue weighted by atomic mass is 10.2. The van der Waals surface area contributed by atoms with Crippen molar-refractivity contribution in [3.05, 3.63) is 0 Å². The molecule has 3 amide bonds.